The number of fused-ring (bicyclic) bond motifs is 4. The van der Waals surface area contributed by atoms with Crippen molar-refractivity contribution in [1.29, 1.82) is 0 Å². The quantitative estimate of drug-likeness (QED) is 0.0933. The minimum Gasteiger partial charge on any atom is -0.492 e. The molecule has 6 heterocycles. The molecule has 0 bridgehead atoms. The van der Waals surface area contributed by atoms with Gasteiger partial charge in [-0.15, -0.1) is 0 Å². The minimum absolute atomic E-state index is 0.118. The Morgan fingerprint density at radius 2 is 1.33 bits per heavy atom. The first-order chi connectivity index (χ1) is 36.4. The zero-order valence-corrected chi connectivity index (χ0v) is 45.1. The maximum absolute atomic E-state index is 14.6. The van der Waals surface area contributed by atoms with Crippen LogP contribution < -0.4 is 41.0 Å². The molecule has 7 atom stereocenters. The molecule has 18 heteroatoms. The Hall–Kier alpha value is -6.85. The van der Waals surface area contributed by atoms with Gasteiger partial charge in [0.05, 0.1) is 66.3 Å². The molecule has 0 aliphatic carbocycles. The molecule has 4 unspecified atom stereocenters. The molecule has 6 aliphatic rings. The number of methoxy groups -OCH3 is 1. The van der Waals surface area contributed by atoms with Gasteiger partial charge in [0.2, 0.25) is 11.8 Å². The van der Waals surface area contributed by atoms with Gasteiger partial charge in [0.25, 0.3) is 11.8 Å². The number of hydrogen-bond acceptors (Lipinski definition) is 13. The van der Waals surface area contributed by atoms with Crippen LogP contribution in [0.25, 0.3) is 0 Å². The standard InChI is InChI=1S/C58H69ClN8O9/c1-8-57(9-2)30-47(68)66(53(60)64-57)42-22-23-73-49-39(42)25-34(26-40(49)59)52(71)62-41-29-55(5,75-45-18-14-12-16-36(41)45)28-35-27-43(67-48(69)31-58(10-3,11-4)65-54(67)61)38-24-33(20-21-44(38)74-35)51(70)63-50-37-17-13-15-19-46(37)76-56(50,6)32-72-7/h12-21,24-26,35,41-43,50H,8-11,22-23,27-32H2,1-7H3,(H2,60,64)(H2,61,65)(H,62,71)(H,63,70)/t35?,41-,42-,43-,50?,55?,56?/m1/s1. The number of para-hydroxylation sites is 2. The van der Waals surface area contributed by atoms with E-state index in [1.165, 1.54) is 4.90 Å². The second-order valence-electron chi connectivity index (χ2n) is 21.8. The summed E-state index contributed by atoms with van der Waals surface area (Å²) in [6, 6.07) is 21.6. The van der Waals surface area contributed by atoms with Crippen LogP contribution in [-0.2, 0) is 14.3 Å². The van der Waals surface area contributed by atoms with E-state index in [9.17, 15) is 19.2 Å². The summed E-state index contributed by atoms with van der Waals surface area (Å²) in [6.07, 6.45) is 3.92. The van der Waals surface area contributed by atoms with Crippen LogP contribution >= 0.6 is 11.6 Å². The Labute approximate surface area is 449 Å². The number of benzene rings is 4. The van der Waals surface area contributed by atoms with E-state index in [2.05, 4.69) is 10.6 Å². The van der Waals surface area contributed by atoms with Gasteiger partial charge in [0, 0.05) is 66.2 Å². The molecule has 17 nitrogen and oxygen atoms in total. The molecule has 0 saturated heterocycles. The molecule has 4 aromatic carbocycles. The fraction of sp³-hybridized carbons (Fsp3) is 0.483. The zero-order valence-electron chi connectivity index (χ0n) is 44.4. The zero-order chi connectivity index (χ0) is 53.9. The predicted molar refractivity (Wildman–Crippen MR) is 288 cm³/mol. The van der Waals surface area contributed by atoms with Gasteiger partial charge in [-0.2, -0.15) is 0 Å². The third-order valence-corrected chi connectivity index (χ3v) is 17.1. The number of carbonyl (C=O) groups is 4. The van der Waals surface area contributed by atoms with Crippen molar-refractivity contribution < 1.29 is 42.9 Å². The van der Waals surface area contributed by atoms with Gasteiger partial charge in [-0.3, -0.25) is 29.0 Å². The topological polar surface area (TPSA) is 222 Å². The highest BCUT2D eigenvalue weighted by Crippen LogP contribution is 2.49. The first kappa shape index (κ1) is 52.6. The molecule has 0 fully saturated rings. The van der Waals surface area contributed by atoms with E-state index in [-0.39, 0.29) is 65.6 Å². The molecule has 4 amide bonds. The summed E-state index contributed by atoms with van der Waals surface area (Å²) in [7, 11) is 1.60. The molecular formula is C58H69ClN8O9. The number of ether oxygens (including phenoxy) is 5. The van der Waals surface area contributed by atoms with Gasteiger partial charge in [0.1, 0.15) is 34.7 Å². The van der Waals surface area contributed by atoms with E-state index in [1.807, 2.05) is 90.1 Å². The predicted octanol–water partition coefficient (Wildman–Crippen LogP) is 8.94. The van der Waals surface area contributed by atoms with Crippen LogP contribution in [-0.4, -0.2) is 94.1 Å². The lowest BCUT2D eigenvalue weighted by Gasteiger charge is -2.46. The van der Waals surface area contributed by atoms with Crippen molar-refractivity contribution in [1.82, 2.24) is 20.4 Å². The van der Waals surface area contributed by atoms with E-state index >= 15 is 0 Å². The summed E-state index contributed by atoms with van der Waals surface area (Å²) in [5, 5.41) is 6.76. The van der Waals surface area contributed by atoms with Crippen molar-refractivity contribution in [3.05, 3.63) is 117 Å². The number of carbonyl (C=O) groups excluding carboxylic acids is 4. The van der Waals surface area contributed by atoms with Crippen LogP contribution in [0.1, 0.15) is 173 Å². The van der Waals surface area contributed by atoms with Gasteiger partial charge in [-0.05, 0) is 82.0 Å². The first-order valence-electron chi connectivity index (χ1n) is 26.7. The largest absolute Gasteiger partial charge is 0.492 e. The molecular weight excluding hydrogens is 988 g/mol. The van der Waals surface area contributed by atoms with Crippen LogP contribution in [0.15, 0.2) is 88.8 Å². The van der Waals surface area contributed by atoms with Crippen molar-refractivity contribution in [2.45, 2.75) is 158 Å². The maximum Gasteiger partial charge on any atom is 0.251 e. The normalized spacial score (nSPS) is 26.9. The molecule has 6 N–H and O–H groups in total. The summed E-state index contributed by atoms with van der Waals surface area (Å²) in [6.45, 7) is 12.5. The summed E-state index contributed by atoms with van der Waals surface area (Å²) in [5.74, 6) is 1.41. The number of amides is 4. The summed E-state index contributed by atoms with van der Waals surface area (Å²) >= 11 is 6.91. The number of nitrogens with zero attached hydrogens (tertiary/aromatic N) is 4. The molecule has 0 spiro atoms. The van der Waals surface area contributed by atoms with Crippen molar-refractivity contribution in [2.75, 3.05) is 20.3 Å². The Morgan fingerprint density at radius 3 is 1.96 bits per heavy atom. The SMILES string of the molecule is CCC1(CC)CC(=O)N([C@@H]2CC(CC3(C)C[C@@H](NC(=O)c4cc(Cl)c5c(c4)[C@H](N4C(=O)CC(CC)(CC)N=C4N)CCO5)c4ccccc4O3)Oc3ccc(C(=O)NC4c5ccccc5OC4(C)COC)cc32)C(N)=N1. The van der Waals surface area contributed by atoms with E-state index in [4.69, 9.17) is 56.7 Å². The summed E-state index contributed by atoms with van der Waals surface area (Å²) in [4.78, 5) is 70.3. The van der Waals surface area contributed by atoms with Crippen molar-refractivity contribution >= 4 is 47.1 Å². The van der Waals surface area contributed by atoms with Crippen LogP contribution in [0.3, 0.4) is 0 Å². The van der Waals surface area contributed by atoms with Crippen LogP contribution in [0.4, 0.5) is 0 Å². The summed E-state index contributed by atoms with van der Waals surface area (Å²) in [5.41, 5.74) is 13.9. The van der Waals surface area contributed by atoms with Crippen LogP contribution in [0, 0.1) is 0 Å². The van der Waals surface area contributed by atoms with Gasteiger partial charge in [-0.25, -0.2) is 9.98 Å². The van der Waals surface area contributed by atoms with Crippen molar-refractivity contribution in [2.24, 2.45) is 21.5 Å². The molecule has 402 valence electrons. The smallest absolute Gasteiger partial charge is 0.251 e. The van der Waals surface area contributed by atoms with Gasteiger partial charge in [-0.1, -0.05) is 75.7 Å². The van der Waals surface area contributed by atoms with Crippen molar-refractivity contribution in [3.63, 3.8) is 0 Å². The maximum atomic E-state index is 14.6. The number of aliphatic imine (C=N–C) groups is 2. The number of hydrogen-bond donors (Lipinski definition) is 4. The number of rotatable bonds is 14. The van der Waals surface area contributed by atoms with Crippen LogP contribution in [0.5, 0.6) is 23.0 Å². The number of guanidine groups is 2. The van der Waals surface area contributed by atoms with Crippen molar-refractivity contribution in [3.8, 4) is 23.0 Å². The Balaban J connectivity index is 0.932. The lowest BCUT2D eigenvalue weighted by molar-refractivity contribution is -0.133. The van der Waals surface area contributed by atoms with E-state index in [0.717, 1.165) is 11.1 Å². The highest BCUT2D eigenvalue weighted by atomic mass is 35.5. The lowest BCUT2D eigenvalue weighted by Crippen LogP contribution is -2.54. The van der Waals surface area contributed by atoms with Gasteiger partial charge < -0.3 is 45.8 Å². The molecule has 4 aromatic rings. The molecule has 0 saturated carbocycles. The Bertz CT molecular complexity index is 3030. The van der Waals surface area contributed by atoms with E-state index < -0.39 is 52.6 Å². The monoisotopic (exact) mass is 1060 g/mol. The second kappa shape index (κ2) is 20.3. The fourth-order valence-electron chi connectivity index (χ4n) is 12.5. The van der Waals surface area contributed by atoms with Gasteiger partial charge >= 0.3 is 0 Å². The minimum atomic E-state index is -0.914. The average molecular weight is 1060 g/mol. The highest BCUT2D eigenvalue weighted by molar-refractivity contribution is 6.32. The lowest BCUT2D eigenvalue weighted by atomic mass is 9.81. The summed E-state index contributed by atoms with van der Waals surface area (Å²) < 4.78 is 31.7. The third kappa shape index (κ3) is 9.47. The highest BCUT2D eigenvalue weighted by Gasteiger charge is 2.49. The Kier molecular flexibility index (Phi) is 14.0. The number of halogens is 1. The fourth-order valence-corrected chi connectivity index (χ4v) is 12.8. The first-order valence-corrected chi connectivity index (χ1v) is 27.0. The molecule has 76 heavy (non-hydrogen) atoms. The number of nitrogens with one attached hydrogen (secondary N) is 2. The third-order valence-electron chi connectivity index (χ3n) is 16.8. The second-order valence-corrected chi connectivity index (χ2v) is 22.2. The molecule has 10 rings (SSSR count). The number of nitrogens with two attached hydrogens (primary N) is 2. The molecule has 6 aliphatic heterocycles. The van der Waals surface area contributed by atoms with E-state index in [1.54, 1.807) is 42.3 Å². The molecule has 0 aromatic heterocycles. The Morgan fingerprint density at radius 1 is 0.737 bits per heavy atom. The van der Waals surface area contributed by atoms with Crippen LogP contribution in [0.2, 0.25) is 5.02 Å². The molecule has 0 radical (unpaired) electrons. The average Bonchev–Trinajstić information content (AvgIpc) is 3.67. The van der Waals surface area contributed by atoms with E-state index in [0.29, 0.717) is 97.7 Å². The van der Waals surface area contributed by atoms with Gasteiger partial charge in [0.15, 0.2) is 17.5 Å².